The van der Waals surface area contributed by atoms with Crippen LogP contribution in [-0.4, -0.2) is 12.1 Å². The van der Waals surface area contributed by atoms with Crippen molar-refractivity contribution in [2.24, 2.45) is 0 Å². The van der Waals surface area contributed by atoms with Crippen LogP contribution < -0.4 is 10.5 Å². The highest BCUT2D eigenvalue weighted by Gasteiger charge is 2.14. The van der Waals surface area contributed by atoms with E-state index in [0.717, 1.165) is 33.1 Å². The first-order chi connectivity index (χ1) is 10.8. The normalized spacial score (nSPS) is 11.1. The molecule has 2 heterocycles. The number of benzene rings is 2. The van der Waals surface area contributed by atoms with E-state index in [-0.39, 0.29) is 0 Å². The molecule has 0 unspecified atom stereocenters. The summed E-state index contributed by atoms with van der Waals surface area (Å²) in [6, 6.07) is 15.7. The third kappa shape index (κ3) is 1.81. The van der Waals surface area contributed by atoms with Crippen LogP contribution in [0.4, 0.5) is 5.82 Å². The lowest BCUT2D eigenvalue weighted by molar-refractivity contribution is 0.420. The fourth-order valence-corrected chi connectivity index (χ4v) is 2.77. The number of furan rings is 1. The molecule has 2 aromatic carbocycles. The van der Waals surface area contributed by atoms with Crippen LogP contribution in [0.3, 0.4) is 0 Å². The van der Waals surface area contributed by atoms with Gasteiger partial charge >= 0.3 is 0 Å². The number of fused-ring (bicyclic) bond motifs is 2. The minimum absolute atomic E-state index is 0.451. The summed E-state index contributed by atoms with van der Waals surface area (Å²) in [4.78, 5) is 4.30. The van der Waals surface area contributed by atoms with Crippen LogP contribution >= 0.6 is 0 Å². The van der Waals surface area contributed by atoms with E-state index in [1.165, 1.54) is 0 Å². The zero-order valence-electron chi connectivity index (χ0n) is 12.0. The van der Waals surface area contributed by atoms with E-state index < -0.39 is 0 Å². The number of pyridine rings is 1. The van der Waals surface area contributed by atoms with Gasteiger partial charge in [-0.3, -0.25) is 0 Å². The van der Waals surface area contributed by atoms with Gasteiger partial charge < -0.3 is 14.9 Å². The van der Waals surface area contributed by atoms with Crippen LogP contribution in [-0.2, 0) is 0 Å². The average molecular weight is 290 g/mol. The molecule has 0 aliphatic carbocycles. The molecule has 0 atom stereocenters. The smallest absolute Gasteiger partial charge is 0.137 e. The molecule has 4 nitrogen and oxygen atoms in total. The van der Waals surface area contributed by atoms with Gasteiger partial charge in [-0.2, -0.15) is 0 Å². The van der Waals surface area contributed by atoms with E-state index in [4.69, 9.17) is 14.9 Å². The zero-order valence-corrected chi connectivity index (χ0v) is 12.0. The van der Waals surface area contributed by atoms with Crippen molar-refractivity contribution in [3.8, 4) is 17.1 Å². The first-order valence-electron chi connectivity index (χ1n) is 6.98. The second-order valence-corrected chi connectivity index (χ2v) is 5.09. The molecule has 0 saturated carbocycles. The predicted octanol–water partition coefficient (Wildman–Crippen LogP) is 4.24. The first-order valence-corrected chi connectivity index (χ1v) is 6.98. The van der Waals surface area contributed by atoms with Crippen LogP contribution in [0.25, 0.3) is 33.1 Å². The van der Waals surface area contributed by atoms with Crippen molar-refractivity contribution in [1.82, 2.24) is 4.98 Å². The Morgan fingerprint density at radius 3 is 2.77 bits per heavy atom. The average Bonchev–Trinajstić information content (AvgIpc) is 2.98. The summed E-state index contributed by atoms with van der Waals surface area (Å²) in [5.41, 5.74) is 7.79. The van der Waals surface area contributed by atoms with Crippen LogP contribution in [0.2, 0.25) is 0 Å². The number of hydrogen-bond acceptors (Lipinski definition) is 4. The maximum atomic E-state index is 6.03. The monoisotopic (exact) mass is 290 g/mol. The second kappa shape index (κ2) is 4.77. The standard InChI is InChI=1S/C18H14N2O2/c1-21-15-8-4-6-12-13(10-20-18(19)17(12)15)16-9-11-5-2-3-7-14(11)22-16/h2-10H,1H3,(H2,19,20). The highest BCUT2D eigenvalue weighted by molar-refractivity contribution is 6.04. The third-order valence-electron chi connectivity index (χ3n) is 3.82. The number of nitrogens with zero attached hydrogens (tertiary/aromatic N) is 1. The van der Waals surface area contributed by atoms with Gasteiger partial charge in [0.2, 0.25) is 0 Å². The van der Waals surface area contributed by atoms with Gasteiger partial charge in [-0.15, -0.1) is 0 Å². The molecular weight excluding hydrogens is 276 g/mol. The number of nitrogen functional groups attached to an aromatic ring is 1. The van der Waals surface area contributed by atoms with Gasteiger partial charge in [0, 0.05) is 22.5 Å². The minimum atomic E-state index is 0.451. The maximum absolute atomic E-state index is 6.03. The van der Waals surface area contributed by atoms with Crippen molar-refractivity contribution < 1.29 is 9.15 Å². The largest absolute Gasteiger partial charge is 0.496 e. The molecule has 0 fully saturated rings. The lowest BCUT2D eigenvalue weighted by Crippen LogP contribution is -1.95. The molecule has 2 N–H and O–H groups in total. The molecule has 0 aliphatic heterocycles. The lowest BCUT2D eigenvalue weighted by atomic mass is 10.0. The summed E-state index contributed by atoms with van der Waals surface area (Å²) < 4.78 is 11.4. The van der Waals surface area contributed by atoms with Crippen molar-refractivity contribution in [2.45, 2.75) is 0 Å². The van der Waals surface area contributed by atoms with Gasteiger partial charge in [-0.25, -0.2) is 4.98 Å². The number of hydrogen-bond donors (Lipinski definition) is 1. The van der Waals surface area contributed by atoms with Gasteiger partial charge in [0.05, 0.1) is 12.5 Å². The Kier molecular flexibility index (Phi) is 2.76. The minimum Gasteiger partial charge on any atom is -0.496 e. The Bertz CT molecular complexity index is 956. The van der Waals surface area contributed by atoms with Crippen molar-refractivity contribution in [3.63, 3.8) is 0 Å². The number of methoxy groups -OCH3 is 1. The van der Waals surface area contributed by atoms with Crippen molar-refractivity contribution in [3.05, 3.63) is 54.7 Å². The number of anilines is 1. The van der Waals surface area contributed by atoms with Crippen molar-refractivity contribution in [1.29, 1.82) is 0 Å². The Labute approximate surface area is 127 Å². The van der Waals surface area contributed by atoms with Gasteiger partial charge in [-0.1, -0.05) is 30.3 Å². The number of nitrogens with two attached hydrogens (primary N) is 1. The van der Waals surface area contributed by atoms with Crippen LogP contribution in [0.5, 0.6) is 5.75 Å². The lowest BCUT2D eigenvalue weighted by Gasteiger charge is -2.10. The molecule has 4 heteroatoms. The first kappa shape index (κ1) is 12.7. The molecule has 0 spiro atoms. The summed E-state index contributed by atoms with van der Waals surface area (Å²) in [6.45, 7) is 0. The summed E-state index contributed by atoms with van der Waals surface area (Å²) in [5, 5.41) is 2.83. The van der Waals surface area contributed by atoms with Crippen LogP contribution in [0, 0.1) is 0 Å². The topological polar surface area (TPSA) is 61.3 Å². The second-order valence-electron chi connectivity index (χ2n) is 5.09. The third-order valence-corrected chi connectivity index (χ3v) is 3.82. The fourth-order valence-electron chi connectivity index (χ4n) is 2.77. The molecule has 0 amide bonds. The molecule has 4 aromatic rings. The molecule has 0 aliphatic rings. The fraction of sp³-hybridized carbons (Fsp3) is 0.0556. The summed E-state index contributed by atoms with van der Waals surface area (Å²) >= 11 is 0. The zero-order chi connectivity index (χ0) is 15.1. The highest BCUT2D eigenvalue weighted by Crippen LogP contribution is 2.37. The molecule has 0 radical (unpaired) electrons. The molecule has 108 valence electrons. The molecule has 2 aromatic heterocycles. The highest BCUT2D eigenvalue weighted by atomic mass is 16.5. The van der Waals surface area contributed by atoms with Gasteiger partial charge in [-0.05, 0) is 18.2 Å². The van der Waals surface area contributed by atoms with E-state index in [9.17, 15) is 0 Å². The number of ether oxygens (including phenoxy) is 1. The quantitative estimate of drug-likeness (QED) is 0.600. The van der Waals surface area contributed by atoms with Gasteiger partial charge in [0.15, 0.2) is 0 Å². The molecule has 22 heavy (non-hydrogen) atoms. The molecular formula is C18H14N2O2. The summed E-state index contributed by atoms with van der Waals surface area (Å²) in [6.07, 6.45) is 1.74. The van der Waals surface area contributed by atoms with Crippen LogP contribution in [0.1, 0.15) is 0 Å². The number of aromatic nitrogens is 1. The Morgan fingerprint density at radius 2 is 1.95 bits per heavy atom. The van der Waals surface area contributed by atoms with Gasteiger partial charge in [0.25, 0.3) is 0 Å². The SMILES string of the molecule is COc1cccc2c(-c3cc4ccccc4o3)cnc(N)c12. The Balaban J connectivity index is 2.04. The van der Waals surface area contributed by atoms with E-state index in [0.29, 0.717) is 11.6 Å². The molecule has 0 bridgehead atoms. The van der Waals surface area contributed by atoms with Gasteiger partial charge in [0.1, 0.15) is 22.9 Å². The van der Waals surface area contributed by atoms with E-state index in [1.807, 2.05) is 48.5 Å². The molecule has 0 saturated heterocycles. The van der Waals surface area contributed by atoms with Crippen LogP contribution in [0.15, 0.2) is 59.1 Å². The van der Waals surface area contributed by atoms with E-state index >= 15 is 0 Å². The number of para-hydroxylation sites is 1. The number of rotatable bonds is 2. The summed E-state index contributed by atoms with van der Waals surface area (Å²) in [5.74, 6) is 1.93. The van der Waals surface area contributed by atoms with Crippen molar-refractivity contribution >= 4 is 27.6 Å². The Morgan fingerprint density at radius 1 is 1.09 bits per heavy atom. The van der Waals surface area contributed by atoms with Crippen molar-refractivity contribution in [2.75, 3.05) is 12.8 Å². The molecule has 4 rings (SSSR count). The Hall–Kier alpha value is -3.01. The van der Waals surface area contributed by atoms with E-state index in [1.54, 1.807) is 13.3 Å². The predicted molar refractivity (Wildman–Crippen MR) is 87.9 cm³/mol. The summed E-state index contributed by atoms with van der Waals surface area (Å²) in [7, 11) is 1.63. The van der Waals surface area contributed by atoms with E-state index in [2.05, 4.69) is 4.98 Å². The maximum Gasteiger partial charge on any atom is 0.137 e.